The topological polar surface area (TPSA) is 98.6 Å². The third kappa shape index (κ3) is 4.03. The lowest BCUT2D eigenvalue weighted by Crippen LogP contribution is -2.18. The second-order valence-corrected chi connectivity index (χ2v) is 6.53. The van der Waals surface area contributed by atoms with E-state index in [-0.39, 0.29) is 22.2 Å². The molecule has 0 aliphatic heterocycles. The summed E-state index contributed by atoms with van der Waals surface area (Å²) in [5.74, 6) is -0.143. The van der Waals surface area contributed by atoms with Crippen LogP contribution in [-0.4, -0.2) is 21.6 Å². The van der Waals surface area contributed by atoms with Crippen LogP contribution in [0.25, 0.3) is 0 Å². The van der Waals surface area contributed by atoms with Gasteiger partial charge in [-0.3, -0.25) is 4.79 Å². The van der Waals surface area contributed by atoms with Crippen LogP contribution in [0.5, 0.6) is 0 Å². The van der Waals surface area contributed by atoms with Gasteiger partial charge in [0.15, 0.2) is 0 Å². The molecule has 7 heteroatoms. The minimum absolute atomic E-state index is 0.0668. The number of aryl methyl sites for hydroxylation is 4. The van der Waals surface area contributed by atoms with Gasteiger partial charge in [0.05, 0.1) is 5.75 Å². The fraction of sp³-hybridized carbons (Fsp3) is 0.294. The van der Waals surface area contributed by atoms with Crippen LogP contribution in [0.2, 0.25) is 0 Å². The molecule has 0 radical (unpaired) electrons. The van der Waals surface area contributed by atoms with E-state index in [1.807, 2.05) is 39.0 Å². The molecule has 0 aliphatic rings. The molecule has 0 spiro atoms. The molecule has 0 aliphatic carbocycles. The number of aromatic amines is 1. The molecule has 0 bridgehead atoms. The Balaban J connectivity index is 2.13. The van der Waals surface area contributed by atoms with Gasteiger partial charge < -0.3 is 10.3 Å². The van der Waals surface area contributed by atoms with Gasteiger partial charge in [0, 0.05) is 11.4 Å². The number of rotatable bonds is 4. The lowest BCUT2D eigenvalue weighted by Gasteiger charge is -2.12. The van der Waals surface area contributed by atoms with Gasteiger partial charge in [0.25, 0.3) is 0 Å². The van der Waals surface area contributed by atoms with E-state index in [1.165, 1.54) is 0 Å². The van der Waals surface area contributed by atoms with Crippen molar-refractivity contribution in [1.82, 2.24) is 9.97 Å². The standard InChI is InChI=1S/C17H18N4O2S/c1-9-5-10(2)15(11(3)6-9)20-14(22)8-24-16-13(7-18)12(4)19-17(23)21-16/h5-6H,8H2,1-4H3,(H,20,22)(H,19,21,23). The van der Waals surface area contributed by atoms with E-state index in [4.69, 9.17) is 5.26 Å². The minimum Gasteiger partial charge on any atom is -0.325 e. The average Bonchev–Trinajstić information content (AvgIpc) is 2.48. The van der Waals surface area contributed by atoms with E-state index in [1.54, 1.807) is 6.92 Å². The third-order valence-corrected chi connectivity index (χ3v) is 4.45. The van der Waals surface area contributed by atoms with Crippen LogP contribution in [0.4, 0.5) is 5.69 Å². The first-order valence-electron chi connectivity index (χ1n) is 7.33. The van der Waals surface area contributed by atoms with Crippen LogP contribution in [0.3, 0.4) is 0 Å². The van der Waals surface area contributed by atoms with Gasteiger partial charge in [-0.05, 0) is 38.8 Å². The molecule has 2 N–H and O–H groups in total. The highest BCUT2D eigenvalue weighted by Crippen LogP contribution is 2.24. The lowest BCUT2D eigenvalue weighted by molar-refractivity contribution is -0.113. The summed E-state index contributed by atoms with van der Waals surface area (Å²) in [5, 5.41) is 12.3. The SMILES string of the molecule is Cc1cc(C)c(NC(=O)CSc2nc(=O)[nH]c(C)c2C#N)c(C)c1. The zero-order valence-corrected chi connectivity index (χ0v) is 14.8. The Labute approximate surface area is 144 Å². The molecule has 1 amide bonds. The first-order valence-corrected chi connectivity index (χ1v) is 8.32. The molecular formula is C17H18N4O2S. The fourth-order valence-electron chi connectivity index (χ4n) is 2.48. The summed E-state index contributed by atoms with van der Waals surface area (Å²) in [5.41, 5.74) is 4.13. The number of carbonyl (C=O) groups is 1. The number of hydrogen-bond acceptors (Lipinski definition) is 5. The van der Waals surface area contributed by atoms with Gasteiger partial charge in [0.2, 0.25) is 5.91 Å². The normalized spacial score (nSPS) is 10.3. The van der Waals surface area contributed by atoms with Gasteiger partial charge in [-0.2, -0.15) is 10.2 Å². The van der Waals surface area contributed by atoms with Crippen molar-refractivity contribution in [2.45, 2.75) is 32.7 Å². The van der Waals surface area contributed by atoms with Gasteiger partial charge in [0.1, 0.15) is 16.7 Å². The van der Waals surface area contributed by atoms with Crippen molar-refractivity contribution < 1.29 is 4.79 Å². The molecule has 0 fully saturated rings. The van der Waals surface area contributed by atoms with Crippen LogP contribution < -0.4 is 11.0 Å². The van der Waals surface area contributed by atoms with E-state index in [9.17, 15) is 9.59 Å². The molecule has 0 unspecified atom stereocenters. The van der Waals surface area contributed by atoms with Gasteiger partial charge >= 0.3 is 5.69 Å². The van der Waals surface area contributed by atoms with E-state index >= 15 is 0 Å². The number of H-pyrrole nitrogens is 1. The molecule has 1 aromatic heterocycles. The second kappa shape index (κ2) is 7.32. The molecule has 2 rings (SSSR count). The summed E-state index contributed by atoms with van der Waals surface area (Å²) in [6, 6.07) is 6.01. The maximum absolute atomic E-state index is 12.2. The summed E-state index contributed by atoms with van der Waals surface area (Å²) in [4.78, 5) is 29.9. The Kier molecular flexibility index (Phi) is 5.42. The van der Waals surface area contributed by atoms with Crippen molar-refractivity contribution in [3.8, 4) is 6.07 Å². The van der Waals surface area contributed by atoms with E-state index < -0.39 is 5.69 Å². The van der Waals surface area contributed by atoms with E-state index in [0.29, 0.717) is 5.69 Å². The van der Waals surface area contributed by atoms with Crippen molar-refractivity contribution in [2.24, 2.45) is 0 Å². The number of nitriles is 1. The molecule has 6 nitrogen and oxygen atoms in total. The van der Waals surface area contributed by atoms with Crippen LogP contribution in [0.15, 0.2) is 22.0 Å². The Hall–Kier alpha value is -2.59. The van der Waals surface area contributed by atoms with Crippen molar-refractivity contribution in [2.75, 3.05) is 11.1 Å². The predicted octanol–water partition coefficient (Wildman–Crippen LogP) is 2.61. The fourth-order valence-corrected chi connectivity index (χ4v) is 3.31. The first kappa shape index (κ1) is 17.8. The van der Waals surface area contributed by atoms with E-state index in [0.717, 1.165) is 34.1 Å². The monoisotopic (exact) mass is 342 g/mol. The number of nitrogens with zero attached hydrogens (tertiary/aromatic N) is 2. The number of hydrogen-bond donors (Lipinski definition) is 2. The van der Waals surface area contributed by atoms with Gasteiger partial charge in [-0.25, -0.2) is 4.79 Å². The molecule has 0 atom stereocenters. The Morgan fingerprint density at radius 2 is 1.92 bits per heavy atom. The number of thioether (sulfide) groups is 1. The highest BCUT2D eigenvalue weighted by atomic mass is 32.2. The van der Waals surface area contributed by atoms with Crippen LogP contribution in [0, 0.1) is 39.0 Å². The zero-order chi connectivity index (χ0) is 17.9. The van der Waals surface area contributed by atoms with E-state index in [2.05, 4.69) is 15.3 Å². The van der Waals surface area contributed by atoms with Crippen LogP contribution in [0.1, 0.15) is 27.9 Å². The van der Waals surface area contributed by atoms with Crippen molar-refractivity contribution in [1.29, 1.82) is 5.26 Å². The molecule has 1 heterocycles. The minimum atomic E-state index is -0.528. The summed E-state index contributed by atoms with van der Waals surface area (Å²) in [6.07, 6.45) is 0. The summed E-state index contributed by atoms with van der Waals surface area (Å²) >= 11 is 1.08. The smallest absolute Gasteiger partial charge is 0.325 e. The maximum atomic E-state index is 12.2. The van der Waals surface area contributed by atoms with Crippen LogP contribution >= 0.6 is 11.8 Å². The predicted molar refractivity (Wildman–Crippen MR) is 94.3 cm³/mol. The molecular weight excluding hydrogens is 324 g/mol. The maximum Gasteiger partial charge on any atom is 0.346 e. The molecule has 0 saturated heterocycles. The van der Waals surface area contributed by atoms with Crippen LogP contribution in [-0.2, 0) is 4.79 Å². The zero-order valence-electron chi connectivity index (χ0n) is 14.0. The van der Waals surface area contributed by atoms with Gasteiger partial charge in [-0.1, -0.05) is 29.5 Å². The lowest BCUT2D eigenvalue weighted by atomic mass is 10.1. The first-order chi connectivity index (χ1) is 11.3. The number of nitrogens with one attached hydrogen (secondary N) is 2. The summed E-state index contributed by atoms with van der Waals surface area (Å²) < 4.78 is 0. The Bertz CT molecular complexity index is 873. The molecule has 24 heavy (non-hydrogen) atoms. The molecule has 0 saturated carbocycles. The van der Waals surface area contributed by atoms with Gasteiger partial charge in [-0.15, -0.1) is 0 Å². The molecule has 124 valence electrons. The Morgan fingerprint density at radius 1 is 1.29 bits per heavy atom. The number of carbonyl (C=O) groups excluding carboxylic acids is 1. The van der Waals surface area contributed by atoms with Crippen molar-refractivity contribution >= 4 is 23.4 Å². The summed E-state index contributed by atoms with van der Waals surface area (Å²) in [7, 11) is 0. The number of amides is 1. The largest absolute Gasteiger partial charge is 0.346 e. The number of benzene rings is 1. The average molecular weight is 342 g/mol. The highest BCUT2D eigenvalue weighted by molar-refractivity contribution is 8.00. The second-order valence-electron chi connectivity index (χ2n) is 5.57. The third-order valence-electron chi connectivity index (χ3n) is 3.48. The van der Waals surface area contributed by atoms with Crippen molar-refractivity contribution in [3.63, 3.8) is 0 Å². The number of aromatic nitrogens is 2. The molecule has 1 aromatic carbocycles. The number of anilines is 1. The quantitative estimate of drug-likeness (QED) is 0.657. The Morgan fingerprint density at radius 3 is 2.50 bits per heavy atom. The highest BCUT2D eigenvalue weighted by Gasteiger charge is 2.13. The summed E-state index contributed by atoms with van der Waals surface area (Å²) in [6.45, 7) is 7.52. The van der Waals surface area contributed by atoms with Crippen molar-refractivity contribution in [3.05, 3.63) is 50.6 Å². The molecule has 2 aromatic rings.